The molecule has 0 radical (unpaired) electrons. The number of aliphatic imine (C=N–C) groups is 1. The summed E-state index contributed by atoms with van der Waals surface area (Å²) in [4.78, 5) is 3.66. The summed E-state index contributed by atoms with van der Waals surface area (Å²) in [5, 5.41) is -0.241. The molecular weight excluding hydrogens is 177 g/mol. The maximum absolute atomic E-state index is 11.7. The minimum atomic E-state index is -4.10. The average Bonchev–Trinajstić information content (AvgIpc) is 2.10. The van der Waals surface area contributed by atoms with Gasteiger partial charge in [-0.1, -0.05) is 11.8 Å². The van der Waals surface area contributed by atoms with Crippen molar-refractivity contribution < 1.29 is 13.2 Å². The largest absolute Gasteiger partial charge is 0.390 e. The van der Waals surface area contributed by atoms with E-state index in [1.165, 1.54) is 0 Å². The van der Waals surface area contributed by atoms with Crippen LogP contribution in [0, 0.1) is 0 Å². The molecule has 0 amide bonds. The van der Waals surface area contributed by atoms with E-state index in [1.54, 1.807) is 0 Å². The summed E-state index contributed by atoms with van der Waals surface area (Å²) in [5.74, 6) is 0. The lowest BCUT2D eigenvalue weighted by Crippen LogP contribution is -2.18. The number of halogens is 3. The van der Waals surface area contributed by atoms with Crippen molar-refractivity contribution in [1.82, 2.24) is 0 Å². The van der Waals surface area contributed by atoms with Gasteiger partial charge in [-0.05, 0) is 0 Å². The van der Waals surface area contributed by atoms with E-state index in [4.69, 9.17) is 5.73 Å². The molecule has 0 fully saturated rings. The van der Waals surface area contributed by atoms with Crippen LogP contribution < -0.4 is 5.73 Å². The van der Waals surface area contributed by atoms with Gasteiger partial charge in [0.05, 0.1) is 13.0 Å². The number of rotatable bonds is 1. The molecule has 0 aromatic rings. The van der Waals surface area contributed by atoms with E-state index in [0.717, 1.165) is 11.8 Å². The highest BCUT2D eigenvalue weighted by Crippen LogP contribution is 2.30. The van der Waals surface area contributed by atoms with Gasteiger partial charge in [0.25, 0.3) is 0 Å². The monoisotopic (exact) mass is 184 g/mol. The Labute approximate surface area is 66.0 Å². The first-order valence-corrected chi connectivity index (χ1v) is 3.88. The van der Waals surface area contributed by atoms with E-state index in [9.17, 15) is 13.2 Å². The van der Waals surface area contributed by atoms with E-state index < -0.39 is 17.8 Å². The highest BCUT2D eigenvalue weighted by Gasteiger charge is 2.34. The highest BCUT2D eigenvalue weighted by molar-refractivity contribution is 8.14. The first kappa shape index (κ1) is 8.70. The van der Waals surface area contributed by atoms with Gasteiger partial charge in [0.15, 0.2) is 5.17 Å². The normalized spacial score (nSPS) is 25.4. The second-order valence-corrected chi connectivity index (χ2v) is 3.56. The van der Waals surface area contributed by atoms with E-state index in [1.807, 2.05) is 0 Å². The Morgan fingerprint density at radius 1 is 1.64 bits per heavy atom. The fourth-order valence-electron chi connectivity index (χ4n) is 0.801. The molecule has 0 bridgehead atoms. The van der Waals surface area contributed by atoms with E-state index in [0.29, 0.717) is 0 Å². The predicted molar refractivity (Wildman–Crippen MR) is 38.5 cm³/mol. The van der Waals surface area contributed by atoms with Crippen LogP contribution in [0.5, 0.6) is 0 Å². The molecule has 2 N–H and O–H groups in total. The Hall–Kier alpha value is -0.390. The summed E-state index contributed by atoms with van der Waals surface area (Å²) in [5.41, 5.74) is 5.19. The highest BCUT2D eigenvalue weighted by atomic mass is 32.2. The fraction of sp³-hybridized carbons (Fsp3) is 0.800. The van der Waals surface area contributed by atoms with E-state index in [-0.39, 0.29) is 11.7 Å². The van der Waals surface area contributed by atoms with E-state index >= 15 is 0 Å². The predicted octanol–water partition coefficient (Wildman–Crippen LogP) is 1.37. The molecule has 1 rings (SSSR count). The zero-order valence-electron chi connectivity index (χ0n) is 5.56. The molecule has 0 aromatic carbocycles. The van der Waals surface area contributed by atoms with Crippen LogP contribution in [0.2, 0.25) is 0 Å². The minimum Gasteiger partial charge on any atom is -0.379 e. The number of amidine groups is 1. The van der Waals surface area contributed by atoms with Crippen molar-refractivity contribution in [1.29, 1.82) is 0 Å². The van der Waals surface area contributed by atoms with Crippen LogP contribution in [0.15, 0.2) is 4.99 Å². The molecule has 1 unspecified atom stereocenters. The molecule has 0 aromatic heterocycles. The van der Waals surface area contributed by atoms with Gasteiger partial charge in [-0.2, -0.15) is 13.2 Å². The lowest BCUT2D eigenvalue weighted by atomic mass is 10.3. The molecule has 1 atom stereocenters. The summed E-state index contributed by atoms with van der Waals surface area (Å²) in [6, 6.07) is 0. The minimum absolute atomic E-state index is 0.190. The Kier molecular flexibility index (Phi) is 2.31. The van der Waals surface area contributed by atoms with Crippen molar-refractivity contribution in [3.63, 3.8) is 0 Å². The van der Waals surface area contributed by atoms with Crippen molar-refractivity contribution in [2.75, 3.05) is 6.54 Å². The quantitative estimate of drug-likeness (QED) is 0.668. The van der Waals surface area contributed by atoms with Crippen molar-refractivity contribution in [3.05, 3.63) is 0 Å². The first-order valence-electron chi connectivity index (χ1n) is 3.01. The number of nitrogens with zero attached hydrogens (tertiary/aromatic N) is 1. The molecule has 2 nitrogen and oxygen atoms in total. The second-order valence-electron chi connectivity index (χ2n) is 2.24. The Morgan fingerprint density at radius 3 is 2.64 bits per heavy atom. The molecule has 6 heteroatoms. The van der Waals surface area contributed by atoms with Crippen LogP contribution in [0.3, 0.4) is 0 Å². The molecule has 64 valence electrons. The van der Waals surface area contributed by atoms with Gasteiger partial charge in [-0.15, -0.1) is 0 Å². The van der Waals surface area contributed by atoms with Crippen LogP contribution >= 0.6 is 11.8 Å². The van der Waals surface area contributed by atoms with Gasteiger partial charge in [0, 0.05) is 5.25 Å². The number of thioether (sulfide) groups is 1. The summed E-state index contributed by atoms with van der Waals surface area (Å²) < 4.78 is 35.2. The topological polar surface area (TPSA) is 38.4 Å². The summed E-state index contributed by atoms with van der Waals surface area (Å²) in [6.45, 7) is 0.190. The second kappa shape index (κ2) is 2.92. The van der Waals surface area contributed by atoms with Crippen LogP contribution in [0.1, 0.15) is 6.42 Å². The zero-order valence-corrected chi connectivity index (χ0v) is 6.37. The number of hydrogen-bond acceptors (Lipinski definition) is 3. The average molecular weight is 184 g/mol. The lowest BCUT2D eigenvalue weighted by molar-refractivity contribution is -0.133. The van der Waals surface area contributed by atoms with Crippen molar-refractivity contribution in [2.24, 2.45) is 10.7 Å². The molecule has 11 heavy (non-hydrogen) atoms. The molecule has 0 aliphatic carbocycles. The third kappa shape index (κ3) is 3.00. The van der Waals surface area contributed by atoms with Crippen molar-refractivity contribution in [2.45, 2.75) is 17.8 Å². The first-order chi connectivity index (χ1) is 4.97. The van der Waals surface area contributed by atoms with E-state index in [2.05, 4.69) is 4.99 Å². The third-order valence-corrected chi connectivity index (χ3v) is 2.22. The third-order valence-electron chi connectivity index (χ3n) is 1.20. The fourth-order valence-corrected chi connectivity index (χ4v) is 1.71. The number of hydrogen-bond donors (Lipinski definition) is 1. The van der Waals surface area contributed by atoms with Gasteiger partial charge in [-0.25, -0.2) is 0 Å². The van der Waals surface area contributed by atoms with Gasteiger partial charge in [-0.3, -0.25) is 4.99 Å². The molecule has 0 saturated carbocycles. The maximum Gasteiger partial charge on any atom is 0.390 e. The lowest BCUT2D eigenvalue weighted by Gasteiger charge is -2.09. The van der Waals surface area contributed by atoms with Gasteiger partial charge in [0.1, 0.15) is 0 Å². The Balaban J connectivity index is 2.32. The number of alkyl halides is 3. The summed E-state index contributed by atoms with van der Waals surface area (Å²) >= 11 is 1.00. The molecular formula is C5H7F3N2S. The Bertz CT molecular complexity index is 177. The Morgan fingerprint density at radius 2 is 2.27 bits per heavy atom. The SMILES string of the molecule is NC1=NCC(CC(F)(F)F)S1. The zero-order chi connectivity index (χ0) is 8.48. The molecule has 0 saturated heterocycles. The van der Waals surface area contributed by atoms with Gasteiger partial charge < -0.3 is 5.73 Å². The molecule has 1 aliphatic heterocycles. The van der Waals surface area contributed by atoms with Gasteiger partial charge in [0.2, 0.25) is 0 Å². The molecule has 0 spiro atoms. The number of nitrogens with two attached hydrogens (primary N) is 1. The molecule has 1 aliphatic rings. The van der Waals surface area contributed by atoms with Crippen molar-refractivity contribution >= 4 is 16.9 Å². The van der Waals surface area contributed by atoms with Crippen LogP contribution in [0.4, 0.5) is 13.2 Å². The maximum atomic E-state index is 11.7. The molecule has 1 heterocycles. The van der Waals surface area contributed by atoms with Crippen LogP contribution in [0.25, 0.3) is 0 Å². The van der Waals surface area contributed by atoms with Crippen LogP contribution in [-0.4, -0.2) is 23.1 Å². The summed E-state index contributed by atoms with van der Waals surface area (Å²) in [7, 11) is 0. The van der Waals surface area contributed by atoms with Crippen LogP contribution in [-0.2, 0) is 0 Å². The van der Waals surface area contributed by atoms with Gasteiger partial charge >= 0.3 is 6.18 Å². The standard InChI is InChI=1S/C5H7F3N2S/c6-5(7,8)1-3-2-10-4(9)11-3/h3H,1-2H2,(H2,9,10). The smallest absolute Gasteiger partial charge is 0.379 e. The summed E-state index contributed by atoms with van der Waals surface area (Å²) in [6.07, 6.45) is -4.90. The van der Waals surface area contributed by atoms with Crippen molar-refractivity contribution in [3.8, 4) is 0 Å².